The maximum Gasteiger partial charge on any atom is 0.101 e. The second kappa shape index (κ2) is 5.88. The van der Waals surface area contributed by atoms with Crippen LogP contribution in [0.1, 0.15) is 30.9 Å². The minimum absolute atomic E-state index is 0.368. The molecule has 1 heterocycles. The maximum absolute atomic E-state index is 9.08. The normalized spacial score (nSPS) is 22.7. The number of nitrogens with one attached hydrogen (secondary N) is 1. The summed E-state index contributed by atoms with van der Waals surface area (Å²) in [5, 5.41) is 12.5. The fourth-order valence-electron chi connectivity index (χ4n) is 2.52. The molecule has 0 aliphatic carbocycles. The van der Waals surface area contributed by atoms with E-state index in [1.54, 1.807) is 0 Å². The van der Waals surface area contributed by atoms with Gasteiger partial charge in [-0.1, -0.05) is 13.0 Å². The third kappa shape index (κ3) is 2.83. The molecule has 1 fully saturated rings. The zero-order valence-corrected chi connectivity index (χ0v) is 11.1. The minimum atomic E-state index is 0.368. The number of benzene rings is 1. The first kappa shape index (κ1) is 12.9. The summed E-state index contributed by atoms with van der Waals surface area (Å²) in [6.45, 7) is 5.95. The van der Waals surface area contributed by atoms with E-state index in [1.165, 1.54) is 5.56 Å². The lowest BCUT2D eigenvalue weighted by atomic mass is 9.99. The van der Waals surface area contributed by atoms with E-state index in [1.807, 2.05) is 25.1 Å². The van der Waals surface area contributed by atoms with E-state index in [4.69, 9.17) is 10.00 Å². The molecule has 0 aromatic heterocycles. The first-order valence-corrected chi connectivity index (χ1v) is 6.60. The van der Waals surface area contributed by atoms with Gasteiger partial charge in [0.25, 0.3) is 0 Å². The highest BCUT2D eigenvalue weighted by Crippen LogP contribution is 2.25. The van der Waals surface area contributed by atoms with E-state index in [9.17, 15) is 0 Å². The van der Waals surface area contributed by atoms with Gasteiger partial charge >= 0.3 is 0 Å². The standard InChI is InChI=1S/C15H20N2O/c1-3-15-13(6-7-18-15)10-17-14-8-11(2)4-5-12(14)9-16/h4-5,8,13,15,17H,3,6-7,10H2,1-2H3. The molecule has 0 bridgehead atoms. The van der Waals surface area contributed by atoms with Crippen LogP contribution in [0, 0.1) is 24.2 Å². The molecule has 18 heavy (non-hydrogen) atoms. The van der Waals surface area contributed by atoms with E-state index in [0.29, 0.717) is 17.6 Å². The molecule has 0 saturated carbocycles. The van der Waals surface area contributed by atoms with E-state index >= 15 is 0 Å². The van der Waals surface area contributed by atoms with E-state index < -0.39 is 0 Å². The number of rotatable bonds is 4. The molecule has 2 rings (SSSR count). The van der Waals surface area contributed by atoms with Crippen molar-refractivity contribution in [3.8, 4) is 6.07 Å². The van der Waals surface area contributed by atoms with E-state index in [2.05, 4.69) is 18.3 Å². The Morgan fingerprint density at radius 2 is 2.33 bits per heavy atom. The molecule has 1 aromatic rings. The highest BCUT2D eigenvalue weighted by Gasteiger charge is 2.26. The van der Waals surface area contributed by atoms with Gasteiger partial charge in [-0.15, -0.1) is 0 Å². The van der Waals surface area contributed by atoms with Gasteiger partial charge < -0.3 is 10.1 Å². The minimum Gasteiger partial charge on any atom is -0.384 e. The number of hydrogen-bond acceptors (Lipinski definition) is 3. The van der Waals surface area contributed by atoms with Crippen LogP contribution < -0.4 is 5.32 Å². The van der Waals surface area contributed by atoms with Gasteiger partial charge in [0.2, 0.25) is 0 Å². The van der Waals surface area contributed by atoms with Crippen molar-refractivity contribution in [3.63, 3.8) is 0 Å². The van der Waals surface area contributed by atoms with E-state index in [0.717, 1.165) is 31.7 Å². The molecule has 0 radical (unpaired) electrons. The van der Waals surface area contributed by atoms with Crippen molar-refractivity contribution in [1.29, 1.82) is 5.26 Å². The quantitative estimate of drug-likeness (QED) is 0.885. The zero-order chi connectivity index (χ0) is 13.0. The molecule has 1 aliphatic heterocycles. The van der Waals surface area contributed by atoms with Gasteiger partial charge in [-0.25, -0.2) is 0 Å². The van der Waals surface area contributed by atoms with Gasteiger partial charge in [0.1, 0.15) is 6.07 Å². The van der Waals surface area contributed by atoms with Crippen LogP contribution in [0.3, 0.4) is 0 Å². The zero-order valence-electron chi connectivity index (χ0n) is 11.1. The van der Waals surface area contributed by atoms with Crippen molar-refractivity contribution in [2.45, 2.75) is 32.8 Å². The topological polar surface area (TPSA) is 45.0 Å². The van der Waals surface area contributed by atoms with Crippen LogP contribution >= 0.6 is 0 Å². The Balaban J connectivity index is 2.02. The third-order valence-electron chi connectivity index (χ3n) is 3.60. The summed E-state index contributed by atoms with van der Waals surface area (Å²) < 4.78 is 5.68. The molecule has 3 nitrogen and oxygen atoms in total. The molecule has 2 atom stereocenters. The lowest BCUT2D eigenvalue weighted by molar-refractivity contribution is 0.0900. The number of nitriles is 1. The fourth-order valence-corrected chi connectivity index (χ4v) is 2.52. The van der Waals surface area contributed by atoms with Gasteiger partial charge in [-0.05, 0) is 37.5 Å². The highest BCUT2D eigenvalue weighted by atomic mass is 16.5. The fraction of sp³-hybridized carbons (Fsp3) is 0.533. The van der Waals surface area contributed by atoms with Crippen LogP contribution in [0.4, 0.5) is 5.69 Å². The second-order valence-electron chi connectivity index (χ2n) is 4.91. The average molecular weight is 244 g/mol. The summed E-state index contributed by atoms with van der Waals surface area (Å²) in [7, 11) is 0. The molecule has 2 unspecified atom stereocenters. The van der Waals surface area contributed by atoms with Crippen molar-refractivity contribution in [1.82, 2.24) is 0 Å². The molecule has 1 N–H and O–H groups in total. The SMILES string of the molecule is CCC1OCCC1CNc1cc(C)ccc1C#N. The molecule has 1 aromatic carbocycles. The van der Waals surface area contributed by atoms with Gasteiger partial charge in [0.15, 0.2) is 0 Å². The van der Waals surface area contributed by atoms with Gasteiger partial charge in [0.05, 0.1) is 17.4 Å². The highest BCUT2D eigenvalue weighted by molar-refractivity contribution is 5.58. The van der Waals surface area contributed by atoms with Crippen LogP contribution in [-0.2, 0) is 4.74 Å². The van der Waals surface area contributed by atoms with Gasteiger partial charge in [-0.2, -0.15) is 5.26 Å². The Kier molecular flexibility index (Phi) is 4.22. The van der Waals surface area contributed by atoms with Crippen LogP contribution in [0.15, 0.2) is 18.2 Å². The Morgan fingerprint density at radius 1 is 1.50 bits per heavy atom. The van der Waals surface area contributed by atoms with Crippen molar-refractivity contribution < 1.29 is 4.74 Å². The van der Waals surface area contributed by atoms with Crippen molar-refractivity contribution in [2.24, 2.45) is 5.92 Å². The monoisotopic (exact) mass is 244 g/mol. The Morgan fingerprint density at radius 3 is 3.06 bits per heavy atom. The summed E-state index contributed by atoms with van der Waals surface area (Å²) in [5.74, 6) is 0.557. The summed E-state index contributed by atoms with van der Waals surface area (Å²) >= 11 is 0. The predicted octanol–water partition coefficient (Wildman–Crippen LogP) is 3.09. The van der Waals surface area contributed by atoms with Gasteiger partial charge in [0, 0.05) is 19.1 Å². The van der Waals surface area contributed by atoms with Crippen LogP contribution in [0.25, 0.3) is 0 Å². The molecule has 0 amide bonds. The van der Waals surface area contributed by atoms with Crippen molar-refractivity contribution in [2.75, 3.05) is 18.5 Å². The molecule has 0 spiro atoms. The smallest absolute Gasteiger partial charge is 0.101 e. The summed E-state index contributed by atoms with van der Waals surface area (Å²) in [6.07, 6.45) is 2.54. The molecule has 1 aliphatic rings. The second-order valence-corrected chi connectivity index (χ2v) is 4.91. The van der Waals surface area contributed by atoms with E-state index in [-0.39, 0.29) is 0 Å². The third-order valence-corrected chi connectivity index (χ3v) is 3.60. The van der Waals surface area contributed by atoms with Gasteiger partial charge in [-0.3, -0.25) is 0 Å². The number of ether oxygens (including phenoxy) is 1. The Bertz CT molecular complexity index is 450. The average Bonchev–Trinajstić information content (AvgIpc) is 2.84. The number of aryl methyl sites for hydroxylation is 1. The van der Waals surface area contributed by atoms with Crippen LogP contribution in [-0.4, -0.2) is 19.3 Å². The summed E-state index contributed by atoms with van der Waals surface area (Å²) in [5.41, 5.74) is 2.83. The first-order chi connectivity index (χ1) is 8.74. The molecular formula is C15H20N2O. The Hall–Kier alpha value is -1.53. The lowest BCUT2D eigenvalue weighted by Gasteiger charge is -2.18. The first-order valence-electron chi connectivity index (χ1n) is 6.60. The lowest BCUT2D eigenvalue weighted by Crippen LogP contribution is -2.23. The largest absolute Gasteiger partial charge is 0.384 e. The molecule has 1 saturated heterocycles. The number of nitrogens with zero attached hydrogens (tertiary/aromatic N) is 1. The number of anilines is 1. The molecule has 96 valence electrons. The van der Waals surface area contributed by atoms with Crippen LogP contribution in [0.2, 0.25) is 0 Å². The molecular weight excluding hydrogens is 224 g/mol. The number of hydrogen-bond donors (Lipinski definition) is 1. The van der Waals surface area contributed by atoms with Crippen LogP contribution in [0.5, 0.6) is 0 Å². The summed E-state index contributed by atoms with van der Waals surface area (Å²) in [4.78, 5) is 0. The van der Waals surface area contributed by atoms with Crippen molar-refractivity contribution in [3.05, 3.63) is 29.3 Å². The maximum atomic E-state index is 9.08. The van der Waals surface area contributed by atoms with Crippen molar-refractivity contribution >= 4 is 5.69 Å². The predicted molar refractivity (Wildman–Crippen MR) is 72.5 cm³/mol. The summed E-state index contributed by atoms with van der Waals surface area (Å²) in [6, 6.07) is 8.11. The Labute approximate surface area is 109 Å². The molecule has 3 heteroatoms.